The summed E-state index contributed by atoms with van der Waals surface area (Å²) in [7, 11) is 0. The van der Waals surface area contributed by atoms with Crippen LogP contribution in [0.15, 0.2) is 11.4 Å². The molecule has 5 heteroatoms. The van der Waals surface area contributed by atoms with Crippen molar-refractivity contribution < 1.29 is 4.79 Å². The van der Waals surface area contributed by atoms with Crippen LogP contribution in [-0.2, 0) is 6.42 Å². The van der Waals surface area contributed by atoms with Gasteiger partial charge in [-0.05, 0) is 48.1 Å². The third-order valence-corrected chi connectivity index (χ3v) is 5.47. The summed E-state index contributed by atoms with van der Waals surface area (Å²) in [5.74, 6) is 1.41. The van der Waals surface area contributed by atoms with E-state index in [-0.39, 0.29) is 18.3 Å². The van der Waals surface area contributed by atoms with Gasteiger partial charge in [-0.2, -0.15) is 0 Å². The summed E-state index contributed by atoms with van der Waals surface area (Å²) in [5, 5.41) is 2.02. The molecule has 1 aromatic heterocycles. The van der Waals surface area contributed by atoms with E-state index in [0.29, 0.717) is 17.9 Å². The predicted molar refractivity (Wildman–Crippen MR) is 81.0 cm³/mol. The maximum atomic E-state index is 12.5. The van der Waals surface area contributed by atoms with Crippen molar-refractivity contribution in [3.8, 4) is 0 Å². The molecule has 2 aliphatic rings. The second kappa shape index (κ2) is 5.81. The van der Waals surface area contributed by atoms with Crippen LogP contribution in [0.3, 0.4) is 0 Å². The van der Waals surface area contributed by atoms with E-state index in [4.69, 9.17) is 5.73 Å². The fraction of sp³-hybridized carbons (Fsp3) is 0.643. The lowest BCUT2D eigenvalue weighted by molar-refractivity contribution is 0.0783. The molecule has 2 N–H and O–H groups in total. The Morgan fingerprint density at radius 2 is 2.26 bits per heavy atom. The Kier molecular flexibility index (Phi) is 4.54. The van der Waals surface area contributed by atoms with Crippen molar-refractivity contribution in [3.63, 3.8) is 0 Å². The standard InChI is InChI=1S/C14H20N2OS.ClH/c1-2-9-5-6-18-13(9)14(17)16-7-10-3-4-12(15)11(10)8-16;/h5-6,10-12H,2-4,7-8,15H2,1H3;1H. The van der Waals surface area contributed by atoms with Crippen LogP contribution in [0.2, 0.25) is 0 Å². The smallest absolute Gasteiger partial charge is 0.264 e. The van der Waals surface area contributed by atoms with Crippen LogP contribution >= 0.6 is 23.7 Å². The summed E-state index contributed by atoms with van der Waals surface area (Å²) in [6.07, 6.45) is 3.27. The molecule has 2 fully saturated rings. The van der Waals surface area contributed by atoms with Crippen LogP contribution in [0.25, 0.3) is 0 Å². The monoisotopic (exact) mass is 300 g/mol. The molecule has 2 heterocycles. The summed E-state index contributed by atoms with van der Waals surface area (Å²) in [6, 6.07) is 2.38. The molecule has 1 aromatic rings. The Labute approximate surface area is 124 Å². The van der Waals surface area contributed by atoms with E-state index in [1.165, 1.54) is 12.0 Å². The minimum Gasteiger partial charge on any atom is -0.337 e. The average molecular weight is 301 g/mol. The number of aryl methyl sites for hydroxylation is 1. The lowest BCUT2D eigenvalue weighted by atomic mass is 9.98. The molecule has 0 spiro atoms. The average Bonchev–Trinajstić information content (AvgIpc) is 3.05. The molecular weight excluding hydrogens is 280 g/mol. The number of thiophene rings is 1. The van der Waals surface area contributed by atoms with Gasteiger partial charge < -0.3 is 10.6 Å². The highest BCUT2D eigenvalue weighted by atomic mass is 35.5. The molecular formula is C14H21ClN2OS. The van der Waals surface area contributed by atoms with Crippen molar-refractivity contribution in [3.05, 3.63) is 21.9 Å². The number of nitrogens with two attached hydrogens (primary N) is 1. The first-order chi connectivity index (χ1) is 8.70. The quantitative estimate of drug-likeness (QED) is 0.912. The molecule has 1 saturated carbocycles. The van der Waals surface area contributed by atoms with Crippen molar-refractivity contribution in [1.82, 2.24) is 4.90 Å². The van der Waals surface area contributed by atoms with Crippen molar-refractivity contribution in [1.29, 1.82) is 0 Å². The van der Waals surface area contributed by atoms with Gasteiger partial charge in [-0.15, -0.1) is 23.7 Å². The van der Waals surface area contributed by atoms with Gasteiger partial charge >= 0.3 is 0 Å². The van der Waals surface area contributed by atoms with Gasteiger partial charge in [0.25, 0.3) is 5.91 Å². The number of fused-ring (bicyclic) bond motifs is 1. The van der Waals surface area contributed by atoms with E-state index in [1.807, 2.05) is 10.3 Å². The minimum absolute atomic E-state index is 0. The molecule has 1 aliphatic heterocycles. The fourth-order valence-electron chi connectivity index (χ4n) is 3.42. The normalized spacial score (nSPS) is 29.2. The molecule has 0 bridgehead atoms. The topological polar surface area (TPSA) is 46.3 Å². The third kappa shape index (κ3) is 2.54. The van der Waals surface area contributed by atoms with Crippen molar-refractivity contribution >= 4 is 29.7 Å². The number of halogens is 1. The molecule has 1 aliphatic carbocycles. The van der Waals surface area contributed by atoms with Gasteiger partial charge in [-0.25, -0.2) is 0 Å². The highest BCUT2D eigenvalue weighted by Gasteiger charge is 2.42. The SMILES string of the molecule is CCc1ccsc1C(=O)N1CC2CCC(N)C2C1.Cl. The van der Waals surface area contributed by atoms with Gasteiger partial charge in [0.1, 0.15) is 0 Å². The van der Waals surface area contributed by atoms with Crippen LogP contribution in [0.4, 0.5) is 0 Å². The zero-order valence-corrected chi connectivity index (χ0v) is 12.8. The summed E-state index contributed by atoms with van der Waals surface area (Å²) in [4.78, 5) is 15.5. The fourth-order valence-corrected chi connectivity index (χ4v) is 4.38. The molecule has 3 nitrogen and oxygen atoms in total. The van der Waals surface area contributed by atoms with E-state index in [2.05, 4.69) is 13.0 Å². The molecule has 0 radical (unpaired) electrons. The Morgan fingerprint density at radius 3 is 2.95 bits per heavy atom. The number of hydrogen-bond acceptors (Lipinski definition) is 3. The van der Waals surface area contributed by atoms with Crippen molar-refractivity contribution in [2.24, 2.45) is 17.6 Å². The number of rotatable bonds is 2. The first-order valence-electron chi connectivity index (χ1n) is 6.82. The number of carbonyl (C=O) groups is 1. The Hall–Kier alpha value is -0.580. The number of hydrogen-bond donors (Lipinski definition) is 1. The van der Waals surface area contributed by atoms with Crippen LogP contribution in [-0.4, -0.2) is 29.9 Å². The van der Waals surface area contributed by atoms with Crippen molar-refractivity contribution in [2.45, 2.75) is 32.2 Å². The molecule has 106 valence electrons. The van der Waals surface area contributed by atoms with Gasteiger partial charge in [0, 0.05) is 19.1 Å². The predicted octanol–water partition coefficient (Wildman–Crippen LogP) is 2.54. The van der Waals surface area contributed by atoms with E-state index in [1.54, 1.807) is 11.3 Å². The molecule has 3 rings (SSSR count). The molecule has 1 saturated heterocycles. The molecule has 19 heavy (non-hydrogen) atoms. The van der Waals surface area contributed by atoms with Crippen LogP contribution in [0, 0.1) is 11.8 Å². The Balaban J connectivity index is 0.00000133. The van der Waals surface area contributed by atoms with Gasteiger partial charge in [-0.3, -0.25) is 4.79 Å². The zero-order chi connectivity index (χ0) is 12.7. The van der Waals surface area contributed by atoms with Gasteiger partial charge in [0.05, 0.1) is 4.88 Å². The van der Waals surface area contributed by atoms with Crippen molar-refractivity contribution in [2.75, 3.05) is 13.1 Å². The third-order valence-electron chi connectivity index (χ3n) is 4.52. The second-order valence-electron chi connectivity index (χ2n) is 5.50. The summed E-state index contributed by atoms with van der Waals surface area (Å²) in [5.41, 5.74) is 7.31. The summed E-state index contributed by atoms with van der Waals surface area (Å²) < 4.78 is 0. The highest BCUT2D eigenvalue weighted by Crippen LogP contribution is 2.38. The maximum absolute atomic E-state index is 12.5. The van der Waals surface area contributed by atoms with Crippen LogP contribution < -0.4 is 5.73 Å². The molecule has 3 atom stereocenters. The lowest BCUT2D eigenvalue weighted by Crippen LogP contribution is -2.33. The van der Waals surface area contributed by atoms with Gasteiger partial charge in [0.2, 0.25) is 0 Å². The zero-order valence-electron chi connectivity index (χ0n) is 11.2. The first kappa shape index (κ1) is 14.8. The number of carbonyl (C=O) groups excluding carboxylic acids is 1. The molecule has 0 aromatic carbocycles. The minimum atomic E-state index is 0. The summed E-state index contributed by atoms with van der Waals surface area (Å²) in [6.45, 7) is 3.89. The maximum Gasteiger partial charge on any atom is 0.264 e. The van der Waals surface area contributed by atoms with Crippen LogP contribution in [0.1, 0.15) is 35.0 Å². The van der Waals surface area contributed by atoms with E-state index in [9.17, 15) is 4.79 Å². The summed E-state index contributed by atoms with van der Waals surface area (Å²) >= 11 is 1.58. The molecule has 1 amide bonds. The highest BCUT2D eigenvalue weighted by molar-refractivity contribution is 7.12. The number of likely N-dealkylation sites (tertiary alicyclic amines) is 1. The van der Waals surface area contributed by atoms with Crippen LogP contribution in [0.5, 0.6) is 0 Å². The van der Waals surface area contributed by atoms with Gasteiger partial charge in [0.15, 0.2) is 0 Å². The van der Waals surface area contributed by atoms with E-state index >= 15 is 0 Å². The number of nitrogens with zero attached hydrogens (tertiary/aromatic N) is 1. The van der Waals surface area contributed by atoms with Gasteiger partial charge in [-0.1, -0.05) is 6.92 Å². The Bertz CT molecular complexity index is 462. The number of amides is 1. The molecule has 3 unspecified atom stereocenters. The Morgan fingerprint density at radius 1 is 1.47 bits per heavy atom. The first-order valence-corrected chi connectivity index (χ1v) is 7.70. The van der Waals surface area contributed by atoms with E-state index in [0.717, 1.165) is 30.8 Å². The largest absolute Gasteiger partial charge is 0.337 e. The van der Waals surface area contributed by atoms with E-state index < -0.39 is 0 Å². The second-order valence-corrected chi connectivity index (χ2v) is 6.42. The lowest BCUT2D eigenvalue weighted by Gasteiger charge is -2.18.